The van der Waals surface area contributed by atoms with E-state index >= 15 is 0 Å². The molecule has 3 N–H and O–H groups in total. The number of anilines is 3. The Bertz CT molecular complexity index is 743. The smallest absolute Gasteiger partial charge is 0.323 e. The van der Waals surface area contributed by atoms with E-state index in [1.807, 2.05) is 6.92 Å². The number of urea groups is 1. The summed E-state index contributed by atoms with van der Waals surface area (Å²) in [5, 5.41) is 7.49. The van der Waals surface area contributed by atoms with Crippen molar-refractivity contribution in [2.24, 2.45) is 0 Å². The summed E-state index contributed by atoms with van der Waals surface area (Å²) < 4.78 is 26.1. The van der Waals surface area contributed by atoms with E-state index in [0.717, 1.165) is 17.7 Å². The highest BCUT2D eigenvalue weighted by molar-refractivity contribution is 6.00. The maximum atomic E-state index is 13.1. The fraction of sp³-hybridized carbons (Fsp3) is 0.125. The molecule has 0 heterocycles. The third kappa shape index (κ3) is 4.77. The van der Waals surface area contributed by atoms with E-state index < -0.39 is 17.7 Å². The molecule has 2 rings (SSSR count). The number of hydrogen-bond acceptors (Lipinski definition) is 2. The zero-order valence-electron chi connectivity index (χ0n) is 12.5. The monoisotopic (exact) mass is 319 g/mol. The van der Waals surface area contributed by atoms with E-state index in [0.29, 0.717) is 17.4 Å². The molecule has 0 atom stereocenters. The number of carbonyl (C=O) groups excluding carboxylic acids is 2. The summed E-state index contributed by atoms with van der Waals surface area (Å²) in [6, 6.07) is 7.01. The number of halogens is 2. The molecule has 0 saturated heterocycles. The second kappa shape index (κ2) is 6.87. The second-order valence-electron chi connectivity index (χ2n) is 4.95. The molecule has 7 heteroatoms. The first-order chi connectivity index (χ1) is 10.8. The van der Waals surface area contributed by atoms with Gasteiger partial charge in [-0.05, 0) is 36.8 Å². The van der Waals surface area contributed by atoms with Crippen molar-refractivity contribution in [1.82, 2.24) is 0 Å². The summed E-state index contributed by atoms with van der Waals surface area (Å²) >= 11 is 0. The van der Waals surface area contributed by atoms with Gasteiger partial charge < -0.3 is 16.0 Å². The van der Waals surface area contributed by atoms with Crippen LogP contribution in [0.5, 0.6) is 0 Å². The van der Waals surface area contributed by atoms with Crippen molar-refractivity contribution >= 4 is 29.0 Å². The van der Waals surface area contributed by atoms with Crippen molar-refractivity contribution in [3.63, 3.8) is 0 Å². The minimum Gasteiger partial charge on any atom is -0.326 e. The molecule has 0 aromatic heterocycles. The number of carbonyl (C=O) groups is 2. The Hall–Kier alpha value is -2.96. The lowest BCUT2D eigenvalue weighted by Gasteiger charge is -2.11. The van der Waals surface area contributed by atoms with E-state index in [9.17, 15) is 18.4 Å². The molecule has 2 aromatic carbocycles. The predicted molar refractivity (Wildman–Crippen MR) is 84.5 cm³/mol. The number of hydrogen-bond donors (Lipinski definition) is 3. The lowest BCUT2D eigenvalue weighted by molar-refractivity contribution is -0.114. The van der Waals surface area contributed by atoms with Gasteiger partial charge in [0, 0.05) is 30.1 Å². The van der Waals surface area contributed by atoms with Gasteiger partial charge in [-0.1, -0.05) is 6.07 Å². The van der Waals surface area contributed by atoms with Gasteiger partial charge in [-0.2, -0.15) is 0 Å². The maximum Gasteiger partial charge on any atom is 0.323 e. The van der Waals surface area contributed by atoms with Crippen LogP contribution in [0.4, 0.5) is 30.6 Å². The van der Waals surface area contributed by atoms with Crippen molar-refractivity contribution in [2.75, 3.05) is 16.0 Å². The molecule has 0 fully saturated rings. The van der Waals surface area contributed by atoms with Gasteiger partial charge in [0.15, 0.2) is 0 Å². The van der Waals surface area contributed by atoms with Gasteiger partial charge in [0.2, 0.25) is 5.91 Å². The highest BCUT2D eigenvalue weighted by Gasteiger charge is 2.07. The fourth-order valence-electron chi connectivity index (χ4n) is 1.94. The zero-order valence-corrected chi connectivity index (χ0v) is 12.5. The van der Waals surface area contributed by atoms with Gasteiger partial charge in [-0.3, -0.25) is 4.79 Å². The van der Waals surface area contributed by atoms with Crippen molar-refractivity contribution < 1.29 is 18.4 Å². The molecular weight excluding hydrogens is 304 g/mol. The molecule has 23 heavy (non-hydrogen) atoms. The van der Waals surface area contributed by atoms with E-state index in [2.05, 4.69) is 16.0 Å². The zero-order chi connectivity index (χ0) is 17.0. The average Bonchev–Trinajstić information content (AvgIpc) is 2.40. The van der Waals surface area contributed by atoms with Crippen LogP contribution in [0.15, 0.2) is 36.4 Å². The van der Waals surface area contributed by atoms with Crippen LogP contribution in [0.2, 0.25) is 0 Å². The van der Waals surface area contributed by atoms with Gasteiger partial charge >= 0.3 is 6.03 Å². The Morgan fingerprint density at radius 1 is 0.870 bits per heavy atom. The third-order valence-corrected chi connectivity index (χ3v) is 2.93. The van der Waals surface area contributed by atoms with Crippen LogP contribution in [0.25, 0.3) is 0 Å². The van der Waals surface area contributed by atoms with Gasteiger partial charge in [0.05, 0.1) is 0 Å². The summed E-state index contributed by atoms with van der Waals surface area (Å²) in [7, 11) is 0. The number of rotatable bonds is 3. The minimum absolute atomic E-state index is 0.00537. The normalized spacial score (nSPS) is 10.1. The number of aryl methyl sites for hydroxylation is 1. The van der Waals surface area contributed by atoms with Crippen molar-refractivity contribution in [3.05, 3.63) is 53.6 Å². The van der Waals surface area contributed by atoms with Crippen LogP contribution in [0.3, 0.4) is 0 Å². The number of nitrogens with one attached hydrogen (secondary N) is 3. The first-order valence-corrected chi connectivity index (χ1v) is 6.76. The number of benzene rings is 2. The van der Waals surface area contributed by atoms with Crippen LogP contribution in [-0.2, 0) is 4.79 Å². The van der Waals surface area contributed by atoms with Crippen molar-refractivity contribution in [2.45, 2.75) is 13.8 Å². The Kier molecular flexibility index (Phi) is 4.90. The Morgan fingerprint density at radius 2 is 1.48 bits per heavy atom. The van der Waals surface area contributed by atoms with E-state index in [4.69, 9.17) is 0 Å². The molecule has 0 aliphatic heterocycles. The second-order valence-corrected chi connectivity index (χ2v) is 4.95. The molecule has 0 aliphatic carbocycles. The summed E-state index contributed by atoms with van der Waals surface area (Å²) in [5.74, 6) is -1.81. The fourth-order valence-corrected chi connectivity index (χ4v) is 1.94. The number of amides is 3. The van der Waals surface area contributed by atoms with Gasteiger partial charge in [0.1, 0.15) is 11.6 Å². The van der Waals surface area contributed by atoms with Crippen LogP contribution < -0.4 is 16.0 Å². The molecular formula is C16H15F2N3O2. The first kappa shape index (κ1) is 16.4. The molecule has 0 spiro atoms. The molecule has 3 amide bonds. The summed E-state index contributed by atoms with van der Waals surface area (Å²) in [5.41, 5.74) is 1.81. The lowest BCUT2D eigenvalue weighted by atomic mass is 10.2. The molecule has 0 unspecified atom stereocenters. The summed E-state index contributed by atoms with van der Waals surface area (Å²) in [6.07, 6.45) is 0. The molecule has 5 nitrogen and oxygen atoms in total. The maximum absolute atomic E-state index is 13.1. The van der Waals surface area contributed by atoms with Crippen LogP contribution in [0.1, 0.15) is 12.5 Å². The van der Waals surface area contributed by atoms with Crippen LogP contribution in [0, 0.1) is 18.6 Å². The molecule has 0 saturated carbocycles. The standard InChI is InChI=1S/C16H15F2N3O2/c1-9-3-4-13(8-15(9)19-10(2)22)20-16(23)21-14-6-11(17)5-12(18)7-14/h3-8H,1-2H3,(H,19,22)(H2,20,21,23). The summed E-state index contributed by atoms with van der Waals surface area (Å²) in [4.78, 5) is 23.0. The average molecular weight is 319 g/mol. The van der Waals surface area contributed by atoms with Crippen molar-refractivity contribution in [1.29, 1.82) is 0 Å². The van der Waals surface area contributed by atoms with E-state index in [-0.39, 0.29) is 11.6 Å². The van der Waals surface area contributed by atoms with E-state index in [1.54, 1.807) is 18.2 Å². The Labute approximate surface area is 131 Å². The van der Waals surface area contributed by atoms with Crippen molar-refractivity contribution in [3.8, 4) is 0 Å². The molecule has 0 aliphatic rings. The highest BCUT2D eigenvalue weighted by Crippen LogP contribution is 2.21. The van der Waals surface area contributed by atoms with Gasteiger partial charge in [-0.25, -0.2) is 13.6 Å². The topological polar surface area (TPSA) is 70.2 Å². The molecule has 2 aromatic rings. The van der Waals surface area contributed by atoms with E-state index in [1.165, 1.54) is 6.92 Å². The molecule has 120 valence electrons. The van der Waals surface area contributed by atoms with Crippen LogP contribution in [-0.4, -0.2) is 11.9 Å². The quantitative estimate of drug-likeness (QED) is 0.803. The third-order valence-electron chi connectivity index (χ3n) is 2.93. The lowest BCUT2D eigenvalue weighted by Crippen LogP contribution is -2.20. The molecule has 0 bridgehead atoms. The van der Waals surface area contributed by atoms with Crippen LogP contribution >= 0.6 is 0 Å². The Morgan fingerprint density at radius 3 is 2.09 bits per heavy atom. The molecule has 0 radical (unpaired) electrons. The van der Waals surface area contributed by atoms with Gasteiger partial charge in [-0.15, -0.1) is 0 Å². The van der Waals surface area contributed by atoms with Gasteiger partial charge in [0.25, 0.3) is 0 Å². The first-order valence-electron chi connectivity index (χ1n) is 6.76. The summed E-state index contributed by atoms with van der Waals surface area (Å²) in [6.45, 7) is 3.19. The largest absolute Gasteiger partial charge is 0.326 e. The SMILES string of the molecule is CC(=O)Nc1cc(NC(=O)Nc2cc(F)cc(F)c2)ccc1C. The Balaban J connectivity index is 2.09. The predicted octanol–water partition coefficient (Wildman–Crippen LogP) is 3.88. The highest BCUT2D eigenvalue weighted by atomic mass is 19.1. The minimum atomic E-state index is -0.788.